The second-order valence-electron chi connectivity index (χ2n) is 4.08. The lowest BCUT2D eigenvalue weighted by molar-refractivity contribution is -0.116. The molecule has 7 nitrogen and oxygen atoms in total. The second kappa shape index (κ2) is 6.19. The monoisotopic (exact) mass is 307 g/mol. The van der Waals surface area contributed by atoms with E-state index in [-0.39, 0.29) is 22.8 Å². The summed E-state index contributed by atoms with van der Waals surface area (Å²) in [6.45, 7) is -0.250. The van der Waals surface area contributed by atoms with Gasteiger partial charge in [-0.1, -0.05) is 11.6 Å². The predicted octanol–water partition coefficient (Wildman–Crippen LogP) is 1.23. The lowest BCUT2D eigenvalue weighted by Gasteiger charge is -2.09. The molecular formula is C13H10ClN3O4. The summed E-state index contributed by atoms with van der Waals surface area (Å²) in [5, 5.41) is 11.6. The molecule has 0 aliphatic rings. The van der Waals surface area contributed by atoms with Crippen LogP contribution in [0.2, 0.25) is 5.02 Å². The zero-order valence-electron chi connectivity index (χ0n) is 10.6. The predicted molar refractivity (Wildman–Crippen MR) is 75.5 cm³/mol. The number of hydrogen-bond acceptors (Lipinski definition) is 4. The SMILES string of the molecule is O=C(Cn1cccnc1=O)Nc1cc(C(=O)O)ccc1Cl. The Morgan fingerprint density at radius 3 is 2.81 bits per heavy atom. The van der Waals surface area contributed by atoms with Crippen molar-refractivity contribution >= 4 is 29.2 Å². The van der Waals surface area contributed by atoms with Crippen LogP contribution in [0.25, 0.3) is 0 Å². The van der Waals surface area contributed by atoms with E-state index in [1.165, 1.54) is 36.7 Å². The van der Waals surface area contributed by atoms with Crippen molar-refractivity contribution in [1.29, 1.82) is 0 Å². The lowest BCUT2D eigenvalue weighted by Crippen LogP contribution is -2.28. The summed E-state index contributed by atoms with van der Waals surface area (Å²) in [4.78, 5) is 37.6. The van der Waals surface area contributed by atoms with Gasteiger partial charge in [-0.15, -0.1) is 0 Å². The van der Waals surface area contributed by atoms with Gasteiger partial charge in [0.25, 0.3) is 0 Å². The molecule has 108 valence electrons. The average molecular weight is 308 g/mol. The Bertz CT molecular complexity index is 757. The zero-order valence-corrected chi connectivity index (χ0v) is 11.4. The van der Waals surface area contributed by atoms with Gasteiger partial charge in [-0.05, 0) is 24.3 Å². The highest BCUT2D eigenvalue weighted by atomic mass is 35.5. The minimum absolute atomic E-state index is 0.00625. The van der Waals surface area contributed by atoms with E-state index in [4.69, 9.17) is 16.7 Å². The highest BCUT2D eigenvalue weighted by Gasteiger charge is 2.11. The first-order valence-corrected chi connectivity index (χ1v) is 6.19. The molecule has 0 aliphatic carbocycles. The standard InChI is InChI=1S/C13H10ClN3O4/c14-9-3-2-8(12(19)20)6-10(9)16-11(18)7-17-5-1-4-15-13(17)21/h1-6H,7H2,(H,16,18)(H,19,20). The number of rotatable bonds is 4. The molecule has 0 fully saturated rings. The van der Waals surface area contributed by atoms with E-state index in [0.29, 0.717) is 0 Å². The molecule has 2 rings (SSSR count). The van der Waals surface area contributed by atoms with Crippen molar-refractivity contribution in [3.8, 4) is 0 Å². The van der Waals surface area contributed by atoms with Gasteiger partial charge in [-0.25, -0.2) is 14.6 Å². The summed E-state index contributed by atoms with van der Waals surface area (Å²) in [7, 11) is 0. The molecule has 1 aromatic carbocycles. The van der Waals surface area contributed by atoms with E-state index in [9.17, 15) is 14.4 Å². The number of nitrogens with zero attached hydrogens (tertiary/aromatic N) is 2. The molecule has 0 bridgehead atoms. The minimum atomic E-state index is -1.13. The maximum Gasteiger partial charge on any atom is 0.347 e. The van der Waals surface area contributed by atoms with E-state index >= 15 is 0 Å². The van der Waals surface area contributed by atoms with Crippen LogP contribution in [-0.4, -0.2) is 26.5 Å². The number of carbonyl (C=O) groups is 2. The molecule has 8 heteroatoms. The quantitative estimate of drug-likeness (QED) is 0.884. The van der Waals surface area contributed by atoms with Crippen LogP contribution < -0.4 is 11.0 Å². The van der Waals surface area contributed by atoms with Crippen molar-refractivity contribution < 1.29 is 14.7 Å². The normalized spacial score (nSPS) is 10.1. The first kappa shape index (κ1) is 14.7. The number of carboxylic acid groups (broad SMARTS) is 1. The molecule has 0 unspecified atom stereocenters. The third-order valence-corrected chi connectivity index (χ3v) is 2.91. The van der Waals surface area contributed by atoms with E-state index in [2.05, 4.69) is 10.3 Å². The molecule has 1 amide bonds. The van der Waals surface area contributed by atoms with Crippen LogP contribution in [0.15, 0.2) is 41.5 Å². The van der Waals surface area contributed by atoms with Crippen molar-refractivity contribution in [2.45, 2.75) is 6.54 Å². The number of aromatic carboxylic acids is 1. The summed E-state index contributed by atoms with van der Waals surface area (Å²) < 4.78 is 1.12. The number of halogens is 1. The van der Waals surface area contributed by atoms with Crippen LogP contribution in [0.4, 0.5) is 5.69 Å². The van der Waals surface area contributed by atoms with Gasteiger partial charge >= 0.3 is 11.7 Å². The van der Waals surface area contributed by atoms with Gasteiger partial charge in [0.1, 0.15) is 6.54 Å². The Labute approximate surface area is 123 Å². The van der Waals surface area contributed by atoms with Crippen molar-refractivity contribution in [2.75, 3.05) is 5.32 Å². The van der Waals surface area contributed by atoms with Gasteiger partial charge in [0, 0.05) is 12.4 Å². The minimum Gasteiger partial charge on any atom is -0.478 e. The second-order valence-corrected chi connectivity index (χ2v) is 4.49. The number of aromatic nitrogens is 2. The number of hydrogen-bond donors (Lipinski definition) is 2. The van der Waals surface area contributed by atoms with E-state index in [1.54, 1.807) is 0 Å². The van der Waals surface area contributed by atoms with E-state index in [1.807, 2.05) is 0 Å². The summed E-state index contributed by atoms with van der Waals surface area (Å²) in [6, 6.07) is 5.46. The van der Waals surface area contributed by atoms with Gasteiger partial charge in [-0.2, -0.15) is 0 Å². The Morgan fingerprint density at radius 1 is 1.38 bits per heavy atom. The molecule has 0 radical (unpaired) electrons. The van der Waals surface area contributed by atoms with Gasteiger partial charge in [0.15, 0.2) is 0 Å². The van der Waals surface area contributed by atoms with Gasteiger partial charge in [-0.3, -0.25) is 9.36 Å². The number of amides is 1. The van der Waals surface area contributed by atoms with Gasteiger partial charge < -0.3 is 10.4 Å². The lowest BCUT2D eigenvalue weighted by atomic mass is 10.2. The zero-order chi connectivity index (χ0) is 15.4. The van der Waals surface area contributed by atoms with Crippen LogP contribution in [-0.2, 0) is 11.3 Å². The molecule has 1 aromatic heterocycles. The Kier molecular flexibility index (Phi) is 4.34. The number of carbonyl (C=O) groups excluding carboxylic acids is 1. The molecular weight excluding hydrogens is 298 g/mol. The fourth-order valence-corrected chi connectivity index (χ4v) is 1.77. The smallest absolute Gasteiger partial charge is 0.347 e. The van der Waals surface area contributed by atoms with Crippen LogP contribution >= 0.6 is 11.6 Å². The molecule has 2 aromatic rings. The largest absolute Gasteiger partial charge is 0.478 e. The maximum absolute atomic E-state index is 11.9. The molecule has 0 saturated carbocycles. The summed E-state index contributed by atoms with van der Waals surface area (Å²) in [5.41, 5.74) is -0.398. The van der Waals surface area contributed by atoms with Crippen molar-refractivity contribution in [1.82, 2.24) is 9.55 Å². The number of benzene rings is 1. The Morgan fingerprint density at radius 2 is 2.14 bits per heavy atom. The van der Waals surface area contributed by atoms with Gasteiger partial charge in [0.2, 0.25) is 5.91 Å². The van der Waals surface area contributed by atoms with Crippen molar-refractivity contribution in [3.05, 3.63) is 57.7 Å². The van der Waals surface area contributed by atoms with E-state index in [0.717, 1.165) is 4.57 Å². The summed E-state index contributed by atoms with van der Waals surface area (Å²) >= 11 is 5.89. The Balaban J connectivity index is 2.16. The Hall–Kier alpha value is -2.67. The number of nitrogens with one attached hydrogen (secondary N) is 1. The summed E-state index contributed by atoms with van der Waals surface area (Å²) in [5.74, 6) is -1.65. The fraction of sp³-hybridized carbons (Fsp3) is 0.0769. The molecule has 0 saturated heterocycles. The molecule has 21 heavy (non-hydrogen) atoms. The maximum atomic E-state index is 11.9. The van der Waals surface area contributed by atoms with E-state index < -0.39 is 17.6 Å². The topological polar surface area (TPSA) is 101 Å². The van der Waals surface area contributed by atoms with Crippen LogP contribution in [0.1, 0.15) is 10.4 Å². The average Bonchev–Trinajstić information content (AvgIpc) is 2.43. The third-order valence-electron chi connectivity index (χ3n) is 2.58. The first-order chi connectivity index (χ1) is 9.97. The number of anilines is 1. The summed E-state index contributed by atoms with van der Waals surface area (Å²) in [6.07, 6.45) is 2.74. The third kappa shape index (κ3) is 3.67. The molecule has 0 spiro atoms. The van der Waals surface area contributed by atoms with Gasteiger partial charge in [0.05, 0.1) is 16.3 Å². The van der Waals surface area contributed by atoms with Crippen molar-refractivity contribution in [3.63, 3.8) is 0 Å². The van der Waals surface area contributed by atoms with Crippen LogP contribution in [0.5, 0.6) is 0 Å². The van der Waals surface area contributed by atoms with Crippen LogP contribution in [0.3, 0.4) is 0 Å². The van der Waals surface area contributed by atoms with Crippen LogP contribution in [0, 0.1) is 0 Å². The first-order valence-electron chi connectivity index (χ1n) is 5.81. The molecule has 1 heterocycles. The molecule has 0 atom stereocenters. The number of carboxylic acids is 1. The van der Waals surface area contributed by atoms with Crippen molar-refractivity contribution in [2.24, 2.45) is 0 Å². The highest BCUT2D eigenvalue weighted by Crippen LogP contribution is 2.23. The molecule has 0 aliphatic heterocycles. The fourth-order valence-electron chi connectivity index (χ4n) is 1.61. The highest BCUT2D eigenvalue weighted by molar-refractivity contribution is 6.33. The molecule has 2 N–H and O–H groups in total.